The molecule has 0 heterocycles. The highest BCUT2D eigenvalue weighted by Gasteiger charge is 2.06. The van der Waals surface area contributed by atoms with E-state index in [9.17, 15) is 4.79 Å². The van der Waals surface area contributed by atoms with Crippen molar-refractivity contribution in [1.29, 1.82) is 0 Å². The van der Waals surface area contributed by atoms with E-state index in [1.54, 1.807) is 31.2 Å². The lowest BCUT2D eigenvalue weighted by Crippen LogP contribution is -2.38. The summed E-state index contributed by atoms with van der Waals surface area (Å²) in [5, 5.41) is 11.9. The van der Waals surface area contributed by atoms with Gasteiger partial charge in [0.2, 0.25) is 0 Å². The molecule has 1 rings (SSSR count). The van der Waals surface area contributed by atoms with Crippen molar-refractivity contribution in [2.24, 2.45) is 0 Å². The monoisotopic (exact) mass is 243 g/mol. The maximum atomic E-state index is 11.3. The van der Waals surface area contributed by atoms with E-state index in [0.717, 1.165) is 0 Å². The third-order valence-corrected chi connectivity index (χ3v) is 2.08. The van der Waals surface area contributed by atoms with Gasteiger partial charge in [-0.15, -0.1) is 0 Å². The number of carbonyl (C=O) groups excluding carboxylic acids is 1. The summed E-state index contributed by atoms with van der Waals surface area (Å²) in [6.45, 7) is 1.52. The first-order chi connectivity index (χ1) is 7.61. The molecule has 0 radical (unpaired) electrons. The molecule has 4 nitrogen and oxygen atoms in total. The Hall–Kier alpha value is -1.26. The van der Waals surface area contributed by atoms with E-state index >= 15 is 0 Å². The lowest BCUT2D eigenvalue weighted by molar-refractivity contribution is -0.123. The van der Waals surface area contributed by atoms with Crippen molar-refractivity contribution in [3.63, 3.8) is 0 Å². The average molecular weight is 244 g/mol. The van der Waals surface area contributed by atoms with Crippen molar-refractivity contribution in [2.75, 3.05) is 13.2 Å². The van der Waals surface area contributed by atoms with E-state index in [0.29, 0.717) is 10.8 Å². The van der Waals surface area contributed by atoms with Crippen molar-refractivity contribution in [1.82, 2.24) is 5.32 Å². The summed E-state index contributed by atoms with van der Waals surface area (Å²) in [5.74, 6) is 0.265. The van der Waals surface area contributed by atoms with Gasteiger partial charge in [-0.05, 0) is 25.1 Å². The molecule has 5 heteroatoms. The number of nitrogens with one attached hydrogen (secondary N) is 1. The van der Waals surface area contributed by atoms with E-state index in [1.165, 1.54) is 0 Å². The fraction of sp³-hybridized carbons (Fsp3) is 0.364. The lowest BCUT2D eigenvalue weighted by atomic mass is 10.3. The molecule has 0 aliphatic rings. The number of amides is 1. The Balaban J connectivity index is 2.37. The Kier molecular flexibility index (Phi) is 5.08. The first-order valence-electron chi connectivity index (χ1n) is 4.90. The summed E-state index contributed by atoms with van der Waals surface area (Å²) >= 11 is 5.75. The molecule has 2 N–H and O–H groups in total. The van der Waals surface area contributed by atoms with Gasteiger partial charge in [-0.3, -0.25) is 4.79 Å². The van der Waals surface area contributed by atoms with Crippen LogP contribution in [-0.4, -0.2) is 30.3 Å². The predicted octanol–water partition coefficient (Wildman–Crippen LogP) is 1.22. The third-order valence-electron chi connectivity index (χ3n) is 1.85. The molecule has 0 bridgehead atoms. The molecule has 1 amide bonds. The minimum Gasteiger partial charge on any atom is -0.484 e. The zero-order valence-electron chi connectivity index (χ0n) is 8.94. The summed E-state index contributed by atoms with van der Waals surface area (Å²) in [5.41, 5.74) is 0. The van der Waals surface area contributed by atoms with Crippen molar-refractivity contribution in [2.45, 2.75) is 13.0 Å². The Bertz CT molecular complexity index is 357. The predicted molar refractivity (Wildman–Crippen MR) is 61.6 cm³/mol. The zero-order chi connectivity index (χ0) is 12.0. The Morgan fingerprint density at radius 1 is 1.62 bits per heavy atom. The molecule has 1 atom stereocenters. The van der Waals surface area contributed by atoms with Crippen LogP contribution < -0.4 is 10.1 Å². The molecule has 0 unspecified atom stereocenters. The minimum absolute atomic E-state index is 0.0926. The Morgan fingerprint density at radius 2 is 2.38 bits per heavy atom. The van der Waals surface area contributed by atoms with Gasteiger partial charge < -0.3 is 15.2 Å². The minimum atomic E-state index is -0.276. The number of benzene rings is 1. The van der Waals surface area contributed by atoms with Gasteiger partial charge in [0.1, 0.15) is 5.75 Å². The second-order valence-corrected chi connectivity index (χ2v) is 3.83. The topological polar surface area (TPSA) is 58.6 Å². The van der Waals surface area contributed by atoms with Crippen LogP contribution in [0, 0.1) is 0 Å². The fourth-order valence-electron chi connectivity index (χ4n) is 1.07. The van der Waals surface area contributed by atoms with E-state index in [-0.39, 0.29) is 25.2 Å². The second-order valence-electron chi connectivity index (χ2n) is 3.40. The molecule has 1 aromatic carbocycles. The van der Waals surface area contributed by atoms with Gasteiger partial charge in [0, 0.05) is 11.1 Å². The van der Waals surface area contributed by atoms with E-state index < -0.39 is 0 Å². The van der Waals surface area contributed by atoms with Crippen LogP contribution in [0.2, 0.25) is 5.02 Å². The number of halogens is 1. The highest BCUT2D eigenvalue weighted by atomic mass is 35.5. The van der Waals surface area contributed by atoms with Crippen molar-refractivity contribution in [3.05, 3.63) is 29.3 Å². The van der Waals surface area contributed by atoms with Gasteiger partial charge in [-0.1, -0.05) is 17.7 Å². The van der Waals surface area contributed by atoms with Crippen LogP contribution in [0.15, 0.2) is 24.3 Å². The van der Waals surface area contributed by atoms with Crippen LogP contribution in [0.5, 0.6) is 5.75 Å². The number of aliphatic hydroxyl groups is 1. The standard InChI is InChI=1S/C11H14ClNO3/c1-8(6-14)13-11(15)7-16-10-4-2-3-9(12)5-10/h2-5,8,14H,6-7H2,1H3,(H,13,15)/t8-/m1/s1. The van der Waals surface area contributed by atoms with Gasteiger partial charge in [-0.2, -0.15) is 0 Å². The summed E-state index contributed by atoms with van der Waals surface area (Å²) < 4.78 is 5.22. The van der Waals surface area contributed by atoms with Crippen LogP contribution in [0.4, 0.5) is 0 Å². The molecule has 88 valence electrons. The highest BCUT2D eigenvalue weighted by molar-refractivity contribution is 6.30. The molecule has 0 fully saturated rings. The number of ether oxygens (including phenoxy) is 1. The smallest absolute Gasteiger partial charge is 0.258 e. The number of hydrogen-bond donors (Lipinski definition) is 2. The summed E-state index contributed by atoms with van der Waals surface area (Å²) in [7, 11) is 0. The lowest BCUT2D eigenvalue weighted by Gasteiger charge is -2.11. The Labute approximate surface area is 99.2 Å². The average Bonchev–Trinajstić information content (AvgIpc) is 2.26. The van der Waals surface area contributed by atoms with Gasteiger partial charge >= 0.3 is 0 Å². The van der Waals surface area contributed by atoms with Crippen molar-refractivity contribution < 1.29 is 14.6 Å². The molecule has 0 aliphatic carbocycles. The first kappa shape index (κ1) is 12.8. The van der Waals surface area contributed by atoms with E-state index in [2.05, 4.69) is 5.32 Å². The maximum absolute atomic E-state index is 11.3. The van der Waals surface area contributed by atoms with Crippen molar-refractivity contribution in [3.8, 4) is 5.75 Å². The number of hydrogen-bond acceptors (Lipinski definition) is 3. The number of aliphatic hydroxyl groups excluding tert-OH is 1. The molecular formula is C11H14ClNO3. The summed E-state index contributed by atoms with van der Waals surface area (Å²) in [6.07, 6.45) is 0. The summed E-state index contributed by atoms with van der Waals surface area (Å²) in [6, 6.07) is 6.54. The number of carbonyl (C=O) groups is 1. The van der Waals surface area contributed by atoms with E-state index in [4.69, 9.17) is 21.4 Å². The van der Waals surface area contributed by atoms with Gasteiger partial charge in [0.15, 0.2) is 6.61 Å². The summed E-state index contributed by atoms with van der Waals surface area (Å²) in [4.78, 5) is 11.3. The van der Waals surface area contributed by atoms with E-state index in [1.807, 2.05) is 0 Å². The SMILES string of the molecule is C[C@H](CO)NC(=O)COc1cccc(Cl)c1. The molecule has 0 aliphatic heterocycles. The number of rotatable bonds is 5. The molecular weight excluding hydrogens is 230 g/mol. The molecule has 0 saturated carbocycles. The van der Waals surface area contributed by atoms with Crippen LogP contribution in [-0.2, 0) is 4.79 Å². The van der Waals surface area contributed by atoms with Crippen LogP contribution >= 0.6 is 11.6 Å². The normalized spacial score (nSPS) is 11.9. The largest absolute Gasteiger partial charge is 0.484 e. The first-order valence-corrected chi connectivity index (χ1v) is 5.28. The van der Waals surface area contributed by atoms with Gasteiger partial charge in [-0.25, -0.2) is 0 Å². The quantitative estimate of drug-likeness (QED) is 0.818. The molecule has 0 aromatic heterocycles. The van der Waals surface area contributed by atoms with Gasteiger partial charge in [0.25, 0.3) is 5.91 Å². The van der Waals surface area contributed by atoms with Gasteiger partial charge in [0.05, 0.1) is 6.61 Å². The second kappa shape index (κ2) is 6.35. The molecule has 1 aromatic rings. The van der Waals surface area contributed by atoms with Crippen molar-refractivity contribution >= 4 is 17.5 Å². The van der Waals surface area contributed by atoms with Crippen LogP contribution in [0.25, 0.3) is 0 Å². The third kappa shape index (κ3) is 4.51. The molecule has 0 spiro atoms. The zero-order valence-corrected chi connectivity index (χ0v) is 9.70. The molecule has 0 saturated heterocycles. The molecule has 16 heavy (non-hydrogen) atoms. The highest BCUT2D eigenvalue weighted by Crippen LogP contribution is 2.16. The fourth-order valence-corrected chi connectivity index (χ4v) is 1.25. The maximum Gasteiger partial charge on any atom is 0.258 e. The van der Waals surface area contributed by atoms with Crippen LogP contribution in [0.1, 0.15) is 6.92 Å². The Morgan fingerprint density at radius 3 is 3.00 bits per heavy atom. The van der Waals surface area contributed by atoms with Crippen LogP contribution in [0.3, 0.4) is 0 Å².